The lowest BCUT2D eigenvalue weighted by Crippen LogP contribution is -2.53. The highest BCUT2D eigenvalue weighted by atomic mass is 16.5. The van der Waals surface area contributed by atoms with E-state index in [4.69, 9.17) is 4.74 Å². The van der Waals surface area contributed by atoms with Crippen LogP contribution in [0, 0.1) is 23.2 Å². The zero-order valence-corrected chi connectivity index (χ0v) is 18.0. The number of hydrogen-bond acceptors (Lipinski definition) is 5. The third-order valence-electron chi connectivity index (χ3n) is 5.67. The third kappa shape index (κ3) is 5.97. The lowest BCUT2D eigenvalue weighted by atomic mass is 9.91. The number of hydrogen-bond donors (Lipinski definition) is 3. The standard InChI is InChI=1S/C23H30N4O4/c1-14(2)10-18(27-23(30)20-12-15-6-3-4-8-19(15)31-20)22(29)26-17(13-24)11-16-7-5-9-25-21(16)28/h3-4,6,8,14,16-18,20H,5,7,9-12H2,1-2H3,(H,25,28)(H,26,29)(H,27,30)/t16-,17-,18-,20?/m0/s1. The van der Waals surface area contributed by atoms with Gasteiger partial charge in [-0.1, -0.05) is 32.0 Å². The molecular weight excluding hydrogens is 396 g/mol. The van der Waals surface area contributed by atoms with Crippen LogP contribution in [0.3, 0.4) is 0 Å². The van der Waals surface area contributed by atoms with E-state index in [-0.39, 0.29) is 30.1 Å². The molecule has 4 atom stereocenters. The summed E-state index contributed by atoms with van der Waals surface area (Å²) in [4.78, 5) is 37.7. The van der Waals surface area contributed by atoms with Crippen molar-refractivity contribution < 1.29 is 19.1 Å². The number of piperidine rings is 1. The van der Waals surface area contributed by atoms with Crippen molar-refractivity contribution in [2.24, 2.45) is 11.8 Å². The minimum Gasteiger partial charge on any atom is -0.480 e. The van der Waals surface area contributed by atoms with Crippen molar-refractivity contribution in [1.29, 1.82) is 5.26 Å². The monoisotopic (exact) mass is 426 g/mol. The smallest absolute Gasteiger partial charge is 0.262 e. The molecule has 166 valence electrons. The SMILES string of the molecule is CC(C)C[C@H](NC(=O)C1Cc2ccccc2O1)C(=O)N[C@H](C#N)C[C@@H]1CCCNC1=O. The van der Waals surface area contributed by atoms with Gasteiger partial charge >= 0.3 is 0 Å². The number of nitriles is 1. The lowest BCUT2D eigenvalue weighted by Gasteiger charge is -2.26. The molecule has 0 bridgehead atoms. The van der Waals surface area contributed by atoms with Crippen molar-refractivity contribution >= 4 is 17.7 Å². The van der Waals surface area contributed by atoms with Gasteiger partial charge in [-0.25, -0.2) is 0 Å². The first-order valence-corrected chi connectivity index (χ1v) is 10.9. The Morgan fingerprint density at radius 1 is 1.29 bits per heavy atom. The summed E-state index contributed by atoms with van der Waals surface area (Å²) in [6.45, 7) is 4.57. The molecule has 2 heterocycles. The van der Waals surface area contributed by atoms with Crippen molar-refractivity contribution in [3.05, 3.63) is 29.8 Å². The molecule has 31 heavy (non-hydrogen) atoms. The fraction of sp³-hybridized carbons (Fsp3) is 0.565. The highest BCUT2D eigenvalue weighted by Gasteiger charge is 2.33. The molecule has 1 unspecified atom stereocenters. The normalized spacial score (nSPS) is 21.8. The van der Waals surface area contributed by atoms with Gasteiger partial charge in [-0.15, -0.1) is 0 Å². The quantitative estimate of drug-likeness (QED) is 0.581. The summed E-state index contributed by atoms with van der Waals surface area (Å²) < 4.78 is 5.73. The van der Waals surface area contributed by atoms with Crippen LogP contribution >= 0.6 is 0 Å². The lowest BCUT2D eigenvalue weighted by molar-refractivity contribution is -0.133. The fourth-order valence-corrected chi connectivity index (χ4v) is 4.06. The van der Waals surface area contributed by atoms with E-state index >= 15 is 0 Å². The van der Waals surface area contributed by atoms with Crippen LogP contribution in [0.4, 0.5) is 0 Å². The number of rotatable bonds is 8. The molecule has 1 saturated heterocycles. The molecule has 0 aromatic heterocycles. The number of benzene rings is 1. The summed E-state index contributed by atoms with van der Waals surface area (Å²) >= 11 is 0. The molecule has 8 heteroatoms. The van der Waals surface area contributed by atoms with Gasteiger partial charge in [0, 0.05) is 18.9 Å². The molecule has 1 aromatic rings. The number of nitrogens with one attached hydrogen (secondary N) is 3. The molecule has 1 aromatic carbocycles. The number of fused-ring (bicyclic) bond motifs is 1. The molecule has 0 saturated carbocycles. The predicted octanol–water partition coefficient (Wildman–Crippen LogP) is 1.45. The van der Waals surface area contributed by atoms with Gasteiger partial charge in [0.05, 0.1) is 6.07 Å². The van der Waals surface area contributed by atoms with Gasteiger partial charge in [0.1, 0.15) is 17.8 Å². The Morgan fingerprint density at radius 2 is 2.06 bits per heavy atom. The number of carbonyl (C=O) groups is 3. The van der Waals surface area contributed by atoms with Crippen LogP contribution in [0.2, 0.25) is 0 Å². The highest BCUT2D eigenvalue weighted by molar-refractivity contribution is 5.90. The number of para-hydroxylation sites is 1. The van der Waals surface area contributed by atoms with Gasteiger partial charge in [0.15, 0.2) is 6.10 Å². The first-order chi connectivity index (χ1) is 14.9. The Bertz CT molecular complexity index is 838. The first-order valence-electron chi connectivity index (χ1n) is 10.9. The third-order valence-corrected chi connectivity index (χ3v) is 5.67. The Labute approximate surface area is 182 Å². The Balaban J connectivity index is 1.60. The second-order valence-electron chi connectivity index (χ2n) is 8.67. The predicted molar refractivity (Wildman–Crippen MR) is 114 cm³/mol. The van der Waals surface area contributed by atoms with E-state index in [0.29, 0.717) is 31.6 Å². The van der Waals surface area contributed by atoms with Crippen LogP contribution in [0.1, 0.15) is 45.1 Å². The van der Waals surface area contributed by atoms with Crippen molar-refractivity contribution in [2.45, 2.75) is 64.1 Å². The zero-order valence-electron chi connectivity index (χ0n) is 18.0. The van der Waals surface area contributed by atoms with Crippen molar-refractivity contribution in [2.75, 3.05) is 6.54 Å². The van der Waals surface area contributed by atoms with E-state index in [1.165, 1.54) is 0 Å². The number of ether oxygens (including phenoxy) is 1. The van der Waals surface area contributed by atoms with Crippen molar-refractivity contribution in [3.8, 4) is 11.8 Å². The van der Waals surface area contributed by atoms with Gasteiger partial charge in [0.2, 0.25) is 11.8 Å². The molecule has 0 aliphatic carbocycles. The second kappa shape index (κ2) is 10.3. The molecule has 3 amide bonds. The largest absolute Gasteiger partial charge is 0.480 e. The number of amides is 3. The molecule has 0 radical (unpaired) electrons. The number of carbonyl (C=O) groups excluding carboxylic acids is 3. The van der Waals surface area contributed by atoms with Crippen LogP contribution in [-0.2, 0) is 20.8 Å². The maximum atomic E-state index is 12.9. The molecule has 1 fully saturated rings. The average molecular weight is 427 g/mol. The molecule has 2 aliphatic heterocycles. The maximum Gasteiger partial charge on any atom is 0.262 e. The van der Waals surface area contributed by atoms with Crippen molar-refractivity contribution in [3.63, 3.8) is 0 Å². The van der Waals surface area contributed by atoms with Crippen molar-refractivity contribution in [1.82, 2.24) is 16.0 Å². The van der Waals surface area contributed by atoms with E-state index in [0.717, 1.165) is 12.0 Å². The van der Waals surface area contributed by atoms with E-state index in [1.807, 2.05) is 38.1 Å². The average Bonchev–Trinajstić information content (AvgIpc) is 3.18. The maximum absolute atomic E-state index is 12.9. The Kier molecular flexibility index (Phi) is 7.50. The molecule has 8 nitrogen and oxygen atoms in total. The molecule has 3 N–H and O–H groups in total. The summed E-state index contributed by atoms with van der Waals surface area (Å²) in [5.74, 6) is -0.296. The second-order valence-corrected chi connectivity index (χ2v) is 8.67. The number of nitrogens with zero attached hydrogens (tertiary/aromatic N) is 1. The van der Waals surface area contributed by atoms with Crippen LogP contribution in [0.25, 0.3) is 0 Å². The molecule has 3 rings (SSSR count). The Morgan fingerprint density at radius 3 is 2.74 bits per heavy atom. The minimum absolute atomic E-state index is 0.0780. The van der Waals surface area contributed by atoms with Gasteiger partial charge in [-0.2, -0.15) is 5.26 Å². The summed E-state index contributed by atoms with van der Waals surface area (Å²) in [5, 5.41) is 17.8. The summed E-state index contributed by atoms with van der Waals surface area (Å²) in [5.41, 5.74) is 0.961. The van der Waals surface area contributed by atoms with Crippen LogP contribution < -0.4 is 20.7 Å². The topological polar surface area (TPSA) is 120 Å². The summed E-state index contributed by atoms with van der Waals surface area (Å²) in [6.07, 6.45) is 2.02. The van der Waals surface area contributed by atoms with Gasteiger partial charge < -0.3 is 20.7 Å². The van der Waals surface area contributed by atoms with Crippen LogP contribution in [-0.4, -0.2) is 42.5 Å². The molecule has 2 aliphatic rings. The zero-order chi connectivity index (χ0) is 22.4. The van der Waals surface area contributed by atoms with Crippen LogP contribution in [0.15, 0.2) is 24.3 Å². The summed E-state index contributed by atoms with van der Waals surface area (Å²) in [6, 6.07) is 7.99. The van der Waals surface area contributed by atoms with E-state index in [2.05, 4.69) is 22.0 Å². The first kappa shape index (κ1) is 22.6. The fourth-order valence-electron chi connectivity index (χ4n) is 4.06. The van der Waals surface area contributed by atoms with E-state index in [1.54, 1.807) is 0 Å². The van der Waals surface area contributed by atoms with Gasteiger partial charge in [-0.3, -0.25) is 14.4 Å². The van der Waals surface area contributed by atoms with Crippen LogP contribution in [0.5, 0.6) is 5.75 Å². The minimum atomic E-state index is -0.792. The van der Waals surface area contributed by atoms with E-state index in [9.17, 15) is 19.6 Å². The molecular formula is C23H30N4O4. The summed E-state index contributed by atoms with van der Waals surface area (Å²) in [7, 11) is 0. The highest BCUT2D eigenvalue weighted by Crippen LogP contribution is 2.28. The van der Waals surface area contributed by atoms with E-state index < -0.39 is 24.1 Å². The van der Waals surface area contributed by atoms with Gasteiger partial charge in [-0.05, 0) is 43.2 Å². The van der Waals surface area contributed by atoms with Gasteiger partial charge in [0.25, 0.3) is 5.91 Å². The Hall–Kier alpha value is -3.08. The molecule has 0 spiro atoms.